The maximum atomic E-state index is 12.2. The van der Waals surface area contributed by atoms with Crippen molar-refractivity contribution in [2.24, 2.45) is 5.10 Å². The smallest absolute Gasteiger partial charge is 0.493 e. The predicted octanol–water partition coefficient (Wildman–Crippen LogP) is 2.82. The summed E-state index contributed by atoms with van der Waals surface area (Å²) >= 11 is 0. The number of nitrogens with one attached hydrogen (secondary N) is 1. The quantitative estimate of drug-likeness (QED) is 0.265. The summed E-state index contributed by atoms with van der Waals surface area (Å²) < 4.78 is 14.5. The van der Waals surface area contributed by atoms with Gasteiger partial charge in [0.1, 0.15) is 0 Å². The van der Waals surface area contributed by atoms with Crippen LogP contribution in [-0.4, -0.2) is 37.4 Å². The Kier molecular flexibility index (Phi) is 6.63. The number of nitro groups is 1. The Morgan fingerprint density at radius 1 is 1.18 bits per heavy atom. The number of amides is 1. The number of hydrogen-bond donors (Lipinski definition) is 1. The summed E-state index contributed by atoms with van der Waals surface area (Å²) in [7, 11) is 2.58. The second-order valence-electron chi connectivity index (χ2n) is 5.37. The van der Waals surface area contributed by atoms with Gasteiger partial charge in [0.15, 0.2) is 11.5 Å². The first-order chi connectivity index (χ1) is 13.4. The normalized spacial score (nSPS) is 10.4. The maximum Gasteiger partial charge on any atom is 0.513 e. The molecule has 0 radical (unpaired) electrons. The summed E-state index contributed by atoms with van der Waals surface area (Å²) in [5, 5.41) is 14.8. The average molecular weight is 387 g/mol. The van der Waals surface area contributed by atoms with Crippen LogP contribution in [0.3, 0.4) is 0 Å². The monoisotopic (exact) mass is 387 g/mol. The molecule has 10 nitrogen and oxygen atoms in total. The Balaban J connectivity index is 2.12. The zero-order chi connectivity index (χ0) is 20.7. The van der Waals surface area contributed by atoms with Gasteiger partial charge in [-0.2, -0.15) is 5.10 Å². The second-order valence-corrected chi connectivity index (χ2v) is 5.37. The van der Waals surface area contributed by atoms with E-state index in [1.807, 2.05) is 0 Å². The van der Waals surface area contributed by atoms with Gasteiger partial charge in [-0.3, -0.25) is 14.9 Å². The van der Waals surface area contributed by atoms with Crippen LogP contribution in [0.15, 0.2) is 41.5 Å². The van der Waals surface area contributed by atoms with Crippen molar-refractivity contribution in [2.45, 2.75) is 6.92 Å². The maximum absolute atomic E-state index is 12.2. The van der Waals surface area contributed by atoms with Crippen LogP contribution in [0.25, 0.3) is 0 Å². The highest BCUT2D eigenvalue weighted by atomic mass is 16.7. The highest BCUT2D eigenvalue weighted by Gasteiger charge is 2.17. The second kappa shape index (κ2) is 9.12. The van der Waals surface area contributed by atoms with E-state index in [-0.39, 0.29) is 28.3 Å². The van der Waals surface area contributed by atoms with Crippen molar-refractivity contribution in [3.63, 3.8) is 0 Å². The summed E-state index contributed by atoms with van der Waals surface area (Å²) in [5.41, 5.74) is 3.09. The van der Waals surface area contributed by atoms with E-state index in [9.17, 15) is 19.7 Å². The number of carbonyl (C=O) groups excluding carboxylic acids is 2. The van der Waals surface area contributed by atoms with Crippen LogP contribution in [-0.2, 0) is 4.74 Å². The van der Waals surface area contributed by atoms with E-state index in [0.29, 0.717) is 5.56 Å². The molecule has 0 saturated carbocycles. The summed E-state index contributed by atoms with van der Waals surface area (Å²) in [6.07, 6.45) is 0.453. The minimum Gasteiger partial charge on any atom is -0.493 e. The first-order valence-electron chi connectivity index (χ1n) is 7.88. The van der Waals surface area contributed by atoms with Gasteiger partial charge in [-0.05, 0) is 36.8 Å². The van der Waals surface area contributed by atoms with Crippen LogP contribution in [0, 0.1) is 17.0 Å². The molecule has 0 atom stereocenters. The van der Waals surface area contributed by atoms with Gasteiger partial charge in [0, 0.05) is 11.6 Å². The van der Waals surface area contributed by atoms with E-state index in [4.69, 9.17) is 9.47 Å². The van der Waals surface area contributed by atoms with Gasteiger partial charge in [-0.1, -0.05) is 6.07 Å². The van der Waals surface area contributed by atoms with Gasteiger partial charge in [0.2, 0.25) is 0 Å². The van der Waals surface area contributed by atoms with Crippen molar-refractivity contribution in [2.75, 3.05) is 14.2 Å². The summed E-state index contributed by atoms with van der Waals surface area (Å²) in [6, 6.07) is 8.80. The van der Waals surface area contributed by atoms with E-state index in [2.05, 4.69) is 15.3 Å². The molecule has 0 aliphatic heterocycles. The number of carbonyl (C=O) groups is 2. The number of hydrogen-bond acceptors (Lipinski definition) is 8. The minimum absolute atomic E-state index is 0.144. The van der Waals surface area contributed by atoms with Gasteiger partial charge in [0.05, 0.1) is 30.9 Å². The van der Waals surface area contributed by atoms with Crippen molar-refractivity contribution in [1.29, 1.82) is 0 Å². The lowest BCUT2D eigenvalue weighted by Crippen LogP contribution is -2.19. The van der Waals surface area contributed by atoms with E-state index in [0.717, 1.165) is 0 Å². The number of methoxy groups -OCH3 is 2. The number of benzene rings is 2. The van der Waals surface area contributed by atoms with Crippen LogP contribution >= 0.6 is 0 Å². The first-order valence-corrected chi connectivity index (χ1v) is 7.88. The van der Waals surface area contributed by atoms with Crippen molar-refractivity contribution >= 4 is 24.0 Å². The first kappa shape index (κ1) is 20.4. The fourth-order valence-electron chi connectivity index (χ4n) is 2.27. The van der Waals surface area contributed by atoms with Crippen molar-refractivity contribution in [3.05, 3.63) is 63.2 Å². The number of nitro benzene ring substituents is 1. The van der Waals surface area contributed by atoms with E-state index >= 15 is 0 Å². The van der Waals surface area contributed by atoms with E-state index < -0.39 is 17.0 Å². The molecule has 28 heavy (non-hydrogen) atoms. The molecule has 0 aromatic heterocycles. The molecule has 0 fully saturated rings. The van der Waals surface area contributed by atoms with Crippen LogP contribution < -0.4 is 14.9 Å². The summed E-state index contributed by atoms with van der Waals surface area (Å²) in [4.78, 5) is 33.8. The molecule has 2 aromatic carbocycles. The van der Waals surface area contributed by atoms with Crippen molar-refractivity contribution in [3.8, 4) is 11.5 Å². The molecule has 2 aromatic rings. The van der Waals surface area contributed by atoms with Crippen molar-refractivity contribution < 1.29 is 28.7 Å². The van der Waals surface area contributed by atoms with Gasteiger partial charge < -0.3 is 14.2 Å². The molecular formula is C18H17N3O7. The lowest BCUT2D eigenvalue weighted by Gasteiger charge is -2.08. The largest absolute Gasteiger partial charge is 0.513 e. The van der Waals surface area contributed by atoms with Crippen LogP contribution in [0.5, 0.6) is 11.5 Å². The Hall–Kier alpha value is -3.95. The molecule has 2 rings (SSSR count). The van der Waals surface area contributed by atoms with Crippen LogP contribution in [0.1, 0.15) is 21.5 Å². The molecule has 0 saturated heterocycles. The zero-order valence-electron chi connectivity index (χ0n) is 15.3. The molecular weight excluding hydrogens is 370 g/mol. The number of nitrogens with zero attached hydrogens (tertiary/aromatic N) is 2. The minimum atomic E-state index is -0.890. The predicted molar refractivity (Wildman–Crippen MR) is 98.9 cm³/mol. The fraction of sp³-hybridized carbons (Fsp3) is 0.167. The highest BCUT2D eigenvalue weighted by Crippen LogP contribution is 2.28. The highest BCUT2D eigenvalue weighted by molar-refractivity contribution is 5.97. The fourth-order valence-corrected chi connectivity index (χ4v) is 2.27. The molecule has 0 unspecified atom stereocenters. The molecule has 0 bridgehead atoms. The lowest BCUT2D eigenvalue weighted by atomic mass is 10.1. The molecule has 0 spiro atoms. The number of rotatable bonds is 6. The summed E-state index contributed by atoms with van der Waals surface area (Å²) in [5.74, 6) is -0.173. The molecule has 1 N–H and O–H groups in total. The van der Waals surface area contributed by atoms with Crippen LogP contribution in [0.4, 0.5) is 10.5 Å². The third-order valence-electron chi connectivity index (χ3n) is 3.67. The zero-order valence-corrected chi connectivity index (χ0v) is 15.3. The van der Waals surface area contributed by atoms with E-state index in [1.165, 1.54) is 57.7 Å². The lowest BCUT2D eigenvalue weighted by molar-refractivity contribution is -0.385. The molecule has 0 heterocycles. The molecule has 0 aliphatic carbocycles. The van der Waals surface area contributed by atoms with E-state index in [1.54, 1.807) is 6.07 Å². The Morgan fingerprint density at radius 3 is 2.57 bits per heavy atom. The molecule has 0 aliphatic rings. The molecule has 146 valence electrons. The van der Waals surface area contributed by atoms with Gasteiger partial charge in [-0.15, -0.1) is 0 Å². The third-order valence-corrected chi connectivity index (χ3v) is 3.67. The van der Waals surface area contributed by atoms with Gasteiger partial charge in [-0.25, -0.2) is 10.2 Å². The van der Waals surface area contributed by atoms with Gasteiger partial charge >= 0.3 is 6.16 Å². The topological polar surface area (TPSA) is 129 Å². The summed E-state index contributed by atoms with van der Waals surface area (Å²) in [6.45, 7) is 1.49. The number of hydrazone groups is 1. The Morgan fingerprint density at radius 2 is 1.93 bits per heavy atom. The standard InChI is InChI=1S/C18H17N3O7/c1-11-13(5-4-6-14(11)21(24)25)17(22)20-19-10-12-7-8-15(16(9-12)26-2)28-18(23)27-3/h4-10H,1-3H3,(H,20,22)/b19-10-. The Bertz CT molecular complexity index is 941. The number of ether oxygens (including phenoxy) is 3. The SMILES string of the molecule is COC(=O)Oc1ccc(/C=N\NC(=O)c2cccc([N+](=O)[O-])c2C)cc1OC. The average Bonchev–Trinajstić information content (AvgIpc) is 2.68. The molecule has 10 heteroatoms. The van der Waals surface area contributed by atoms with Crippen LogP contribution in [0.2, 0.25) is 0 Å². The van der Waals surface area contributed by atoms with Crippen molar-refractivity contribution in [1.82, 2.24) is 5.43 Å². The third kappa shape index (κ3) is 4.81. The van der Waals surface area contributed by atoms with Gasteiger partial charge in [0.25, 0.3) is 11.6 Å². The Labute approximate surface area is 159 Å². The molecule has 1 amide bonds.